The lowest BCUT2D eigenvalue weighted by Gasteiger charge is -2.52. The van der Waals surface area contributed by atoms with Gasteiger partial charge in [0, 0.05) is 16.9 Å². The van der Waals surface area contributed by atoms with Crippen molar-refractivity contribution in [3.8, 4) is 0 Å². The first-order chi connectivity index (χ1) is 11.2. The van der Waals surface area contributed by atoms with E-state index in [1.165, 1.54) is 7.11 Å². The van der Waals surface area contributed by atoms with E-state index in [1.54, 1.807) is 5.01 Å². The molecule has 5 rings (SSSR count). The van der Waals surface area contributed by atoms with Crippen LogP contribution < -0.4 is 10.4 Å². The van der Waals surface area contributed by atoms with Crippen molar-refractivity contribution in [1.29, 1.82) is 0 Å². The summed E-state index contributed by atoms with van der Waals surface area (Å²) in [5, 5.41) is 13.2. The van der Waals surface area contributed by atoms with E-state index in [2.05, 4.69) is 15.8 Å². The number of benzene rings is 1. The molecular formula is C15H16ClN5O2. The lowest BCUT2D eigenvalue weighted by atomic mass is 9.80. The highest BCUT2D eigenvalue weighted by Gasteiger charge is 2.68. The molecule has 2 aliphatic heterocycles. The van der Waals surface area contributed by atoms with Gasteiger partial charge in [0.05, 0.1) is 30.9 Å². The molecule has 2 saturated carbocycles. The number of nitrogens with zero attached hydrogens (tertiary/aromatic N) is 4. The highest BCUT2D eigenvalue weighted by Crippen LogP contribution is 2.55. The summed E-state index contributed by atoms with van der Waals surface area (Å²) >= 11 is 5.98. The predicted molar refractivity (Wildman–Crippen MR) is 82.9 cm³/mol. The van der Waals surface area contributed by atoms with E-state index in [0.717, 1.165) is 12.1 Å². The Bertz CT molecular complexity index is 696. The molecule has 6 atom stereocenters. The van der Waals surface area contributed by atoms with E-state index in [-0.39, 0.29) is 24.2 Å². The number of hydrogen-bond acceptors (Lipinski definition) is 6. The molecule has 0 unspecified atom stereocenters. The van der Waals surface area contributed by atoms with Gasteiger partial charge in [0.2, 0.25) is 0 Å². The predicted octanol–water partition coefficient (Wildman–Crippen LogP) is 2.24. The molecular weight excluding hydrogens is 318 g/mol. The van der Waals surface area contributed by atoms with Crippen molar-refractivity contribution in [2.75, 3.05) is 12.1 Å². The monoisotopic (exact) mass is 333 g/mol. The van der Waals surface area contributed by atoms with Crippen molar-refractivity contribution in [3.63, 3.8) is 0 Å². The van der Waals surface area contributed by atoms with Crippen LogP contribution in [0, 0.1) is 11.8 Å². The second-order valence-electron chi connectivity index (χ2n) is 6.56. The number of hydrazine groups is 1. The van der Waals surface area contributed by atoms with Crippen LogP contribution in [0.4, 0.5) is 10.5 Å². The van der Waals surface area contributed by atoms with Crippen molar-refractivity contribution in [3.05, 3.63) is 29.3 Å². The lowest BCUT2D eigenvalue weighted by molar-refractivity contribution is -0.0520. The summed E-state index contributed by atoms with van der Waals surface area (Å²) in [7, 11) is 1.41. The Balaban J connectivity index is 1.44. The molecule has 23 heavy (non-hydrogen) atoms. The third kappa shape index (κ3) is 1.66. The van der Waals surface area contributed by atoms with Gasteiger partial charge in [-0.1, -0.05) is 16.8 Å². The number of rotatable bonds is 1. The van der Waals surface area contributed by atoms with Crippen LogP contribution in [0.1, 0.15) is 6.42 Å². The minimum atomic E-state index is -0.319. The van der Waals surface area contributed by atoms with Gasteiger partial charge in [0.25, 0.3) is 0 Å². The van der Waals surface area contributed by atoms with Gasteiger partial charge < -0.3 is 4.74 Å². The fourth-order valence-electron chi connectivity index (χ4n) is 4.75. The quantitative estimate of drug-likeness (QED) is 0.855. The summed E-state index contributed by atoms with van der Waals surface area (Å²) in [5.74, 6) is 0.776. The minimum Gasteiger partial charge on any atom is -0.452 e. The molecule has 1 aromatic carbocycles. The third-order valence-corrected chi connectivity index (χ3v) is 5.90. The summed E-state index contributed by atoms with van der Waals surface area (Å²) < 4.78 is 4.86. The molecule has 1 amide bonds. The standard InChI is InChI=1S/C15H16ClN5O2/c1-23-15(22)21-14-10-6-9(12(14)18-21)11-13(10)20(19-17-11)8-4-2-7(16)3-5-8/h2-5,9-14,18H,6H2,1H3/t9-,10+,11+,12-,13-,14+/m1/s1. The first-order valence-electron chi connectivity index (χ1n) is 7.78. The van der Waals surface area contributed by atoms with Gasteiger partial charge in [-0.15, -0.1) is 0 Å². The van der Waals surface area contributed by atoms with Gasteiger partial charge in [-0.2, -0.15) is 5.11 Å². The summed E-state index contributed by atoms with van der Waals surface area (Å²) in [6.07, 6.45) is 0.745. The highest BCUT2D eigenvalue weighted by atomic mass is 35.5. The SMILES string of the molecule is COC(=O)N1N[C@@H]2[C@@H]3C[C@H]([C@@H]21)[C@@H]1[C@H]3N=NN1c1ccc(Cl)cc1. The summed E-state index contributed by atoms with van der Waals surface area (Å²) in [5.41, 5.74) is 4.21. The number of carbonyl (C=O) groups excluding carboxylic acids is 1. The van der Waals surface area contributed by atoms with E-state index in [4.69, 9.17) is 16.3 Å². The second kappa shape index (κ2) is 4.58. The fraction of sp³-hybridized carbons (Fsp3) is 0.533. The van der Waals surface area contributed by atoms with Crippen LogP contribution in [0.25, 0.3) is 0 Å². The zero-order chi connectivity index (χ0) is 15.7. The first-order valence-corrected chi connectivity index (χ1v) is 8.16. The topological polar surface area (TPSA) is 69.5 Å². The molecule has 8 heteroatoms. The molecule has 2 heterocycles. The van der Waals surface area contributed by atoms with E-state index in [9.17, 15) is 4.79 Å². The number of ether oxygens (including phenoxy) is 1. The number of fused-ring (bicyclic) bond motifs is 8. The Morgan fingerprint density at radius 1 is 1.30 bits per heavy atom. The van der Waals surface area contributed by atoms with E-state index in [0.29, 0.717) is 22.9 Å². The Hall–Kier alpha value is -1.86. The van der Waals surface area contributed by atoms with Gasteiger partial charge >= 0.3 is 6.09 Å². The number of methoxy groups -OCH3 is 1. The van der Waals surface area contributed by atoms with Crippen LogP contribution in [0.5, 0.6) is 0 Å². The largest absolute Gasteiger partial charge is 0.452 e. The van der Waals surface area contributed by atoms with Crippen molar-refractivity contribution in [2.45, 2.75) is 30.6 Å². The van der Waals surface area contributed by atoms with Crippen molar-refractivity contribution in [1.82, 2.24) is 10.4 Å². The van der Waals surface area contributed by atoms with Gasteiger partial charge in [0.15, 0.2) is 0 Å². The summed E-state index contributed by atoms with van der Waals surface area (Å²) in [4.78, 5) is 11.9. The van der Waals surface area contributed by atoms with Gasteiger partial charge in [-0.3, -0.25) is 0 Å². The molecule has 1 saturated heterocycles. The van der Waals surface area contributed by atoms with Crippen molar-refractivity contribution < 1.29 is 9.53 Å². The lowest BCUT2D eigenvalue weighted by Crippen LogP contribution is -2.76. The Morgan fingerprint density at radius 3 is 2.83 bits per heavy atom. The molecule has 1 aromatic rings. The number of halogens is 1. The average molecular weight is 334 g/mol. The smallest absolute Gasteiger partial charge is 0.424 e. The molecule has 7 nitrogen and oxygen atoms in total. The number of nitrogens with one attached hydrogen (secondary N) is 1. The van der Waals surface area contributed by atoms with E-state index < -0.39 is 0 Å². The van der Waals surface area contributed by atoms with Gasteiger partial charge in [-0.05, 0) is 30.7 Å². The van der Waals surface area contributed by atoms with E-state index >= 15 is 0 Å². The molecule has 120 valence electrons. The van der Waals surface area contributed by atoms with Crippen LogP contribution in [-0.4, -0.2) is 42.4 Å². The van der Waals surface area contributed by atoms with Crippen LogP contribution >= 0.6 is 11.6 Å². The third-order valence-electron chi connectivity index (χ3n) is 5.65. The van der Waals surface area contributed by atoms with Crippen LogP contribution in [0.15, 0.2) is 34.6 Å². The first kappa shape index (κ1) is 13.6. The van der Waals surface area contributed by atoms with Crippen LogP contribution in [-0.2, 0) is 4.74 Å². The number of hydrogen-bond donors (Lipinski definition) is 1. The van der Waals surface area contributed by atoms with Crippen LogP contribution in [0.3, 0.4) is 0 Å². The highest BCUT2D eigenvalue weighted by molar-refractivity contribution is 6.30. The number of anilines is 1. The number of amides is 1. The number of carbonyl (C=O) groups is 1. The van der Waals surface area contributed by atoms with Crippen molar-refractivity contribution >= 4 is 23.4 Å². The maximum atomic E-state index is 11.9. The molecule has 3 fully saturated rings. The van der Waals surface area contributed by atoms with Crippen molar-refractivity contribution in [2.24, 2.45) is 22.2 Å². The Kier molecular flexibility index (Phi) is 2.70. The van der Waals surface area contributed by atoms with Gasteiger partial charge in [-0.25, -0.2) is 20.2 Å². The minimum absolute atomic E-state index is 0.173. The van der Waals surface area contributed by atoms with Crippen LogP contribution in [0.2, 0.25) is 5.02 Å². The maximum Gasteiger partial charge on any atom is 0.424 e. The molecule has 0 aromatic heterocycles. The zero-order valence-corrected chi connectivity index (χ0v) is 13.2. The summed E-state index contributed by atoms with van der Waals surface area (Å²) in [6.45, 7) is 0. The maximum absolute atomic E-state index is 11.9. The zero-order valence-electron chi connectivity index (χ0n) is 12.5. The molecule has 0 radical (unpaired) electrons. The molecule has 2 aliphatic carbocycles. The molecule has 1 N–H and O–H groups in total. The molecule has 0 spiro atoms. The van der Waals surface area contributed by atoms with E-state index in [1.807, 2.05) is 29.3 Å². The molecule has 4 aliphatic rings. The van der Waals surface area contributed by atoms with Gasteiger partial charge in [0.1, 0.15) is 6.04 Å². The second-order valence-corrected chi connectivity index (χ2v) is 6.99. The molecule has 2 bridgehead atoms. The summed E-state index contributed by atoms with van der Waals surface area (Å²) in [6, 6.07) is 8.54. The average Bonchev–Trinajstić information content (AvgIpc) is 3.16. The Labute approximate surface area is 138 Å². The normalized spacial score (nSPS) is 39.2. The fourth-order valence-corrected chi connectivity index (χ4v) is 4.88. The Morgan fingerprint density at radius 2 is 2.09 bits per heavy atom.